The summed E-state index contributed by atoms with van der Waals surface area (Å²) >= 11 is 3.51. The fourth-order valence-corrected chi connectivity index (χ4v) is 2.40. The molecule has 3 N–H and O–H groups in total. The van der Waals surface area contributed by atoms with E-state index in [1.54, 1.807) is 0 Å². The molecule has 0 radical (unpaired) electrons. The molecule has 17 heavy (non-hydrogen) atoms. The molecule has 1 unspecified atom stereocenters. The van der Waals surface area contributed by atoms with E-state index < -0.39 is 0 Å². The van der Waals surface area contributed by atoms with Crippen molar-refractivity contribution < 1.29 is 0 Å². The van der Waals surface area contributed by atoms with Gasteiger partial charge in [-0.3, -0.25) is 0 Å². The molecule has 0 spiro atoms. The number of rotatable bonds is 4. The number of fused-ring (bicyclic) bond motifs is 1. The number of aromatic amines is 2. The van der Waals surface area contributed by atoms with Crippen molar-refractivity contribution in [3.05, 3.63) is 27.1 Å². The maximum atomic E-state index is 11.2. The molecule has 0 saturated heterocycles. The van der Waals surface area contributed by atoms with Gasteiger partial charge in [0.15, 0.2) is 0 Å². The van der Waals surface area contributed by atoms with E-state index in [1.165, 1.54) is 0 Å². The Morgan fingerprint density at radius 2 is 2.00 bits per heavy atom. The summed E-state index contributed by atoms with van der Waals surface area (Å²) in [5.74, 6) is 0. The van der Waals surface area contributed by atoms with Crippen LogP contribution in [-0.4, -0.2) is 16.0 Å². The van der Waals surface area contributed by atoms with Crippen LogP contribution in [0.1, 0.15) is 26.7 Å². The average Bonchev–Trinajstić information content (AvgIpc) is 2.58. The fourth-order valence-electron chi connectivity index (χ4n) is 1.94. The van der Waals surface area contributed by atoms with Crippen LogP contribution in [0.5, 0.6) is 0 Å². The third-order valence-electron chi connectivity index (χ3n) is 2.73. The number of hydrogen-bond donors (Lipinski definition) is 3. The van der Waals surface area contributed by atoms with Crippen molar-refractivity contribution in [3.8, 4) is 0 Å². The summed E-state index contributed by atoms with van der Waals surface area (Å²) < 4.78 is 0.961. The fraction of sp³-hybridized carbons (Fsp3) is 0.417. The second-order valence-corrected chi connectivity index (χ2v) is 5.15. The standard InChI is InChI=1S/C12H16BrN3O/c1-3-4-7(2)14-9-6-11-10(5-8(9)13)15-12(17)16-11/h5-7,14H,3-4H2,1-2H3,(H2,15,16,17). The van der Waals surface area contributed by atoms with Crippen molar-refractivity contribution in [2.45, 2.75) is 32.7 Å². The van der Waals surface area contributed by atoms with E-state index in [2.05, 4.69) is 45.1 Å². The van der Waals surface area contributed by atoms with Crippen LogP contribution in [0.3, 0.4) is 0 Å². The van der Waals surface area contributed by atoms with Gasteiger partial charge >= 0.3 is 5.69 Å². The Balaban J connectivity index is 2.33. The first kappa shape index (κ1) is 12.2. The van der Waals surface area contributed by atoms with E-state index in [-0.39, 0.29) is 5.69 Å². The van der Waals surface area contributed by atoms with Crippen LogP contribution in [0.25, 0.3) is 11.0 Å². The van der Waals surface area contributed by atoms with Gasteiger partial charge in [-0.1, -0.05) is 13.3 Å². The Labute approximate surface area is 108 Å². The van der Waals surface area contributed by atoms with Gasteiger partial charge in [0.1, 0.15) is 0 Å². The minimum Gasteiger partial charge on any atom is -0.382 e. The number of halogens is 1. The largest absolute Gasteiger partial charge is 0.382 e. The Morgan fingerprint density at radius 3 is 2.65 bits per heavy atom. The first-order valence-corrected chi connectivity index (χ1v) is 6.57. The van der Waals surface area contributed by atoms with Crippen molar-refractivity contribution in [2.75, 3.05) is 5.32 Å². The van der Waals surface area contributed by atoms with Gasteiger partial charge in [-0.2, -0.15) is 0 Å². The lowest BCUT2D eigenvalue weighted by atomic mass is 10.2. The summed E-state index contributed by atoms with van der Waals surface area (Å²) in [7, 11) is 0. The second kappa shape index (κ2) is 4.96. The molecule has 0 aliphatic rings. The normalized spacial score (nSPS) is 12.9. The van der Waals surface area contributed by atoms with Crippen LogP contribution in [-0.2, 0) is 0 Å². The topological polar surface area (TPSA) is 60.7 Å². The summed E-state index contributed by atoms with van der Waals surface area (Å²) in [5, 5.41) is 3.43. The molecule has 1 aromatic heterocycles. The lowest BCUT2D eigenvalue weighted by Gasteiger charge is -2.15. The van der Waals surface area contributed by atoms with Crippen LogP contribution in [0.2, 0.25) is 0 Å². The lowest BCUT2D eigenvalue weighted by Crippen LogP contribution is -2.14. The number of hydrogen-bond acceptors (Lipinski definition) is 2. The molecule has 0 aliphatic heterocycles. The first-order valence-electron chi connectivity index (χ1n) is 5.78. The molecule has 2 rings (SSSR count). The highest BCUT2D eigenvalue weighted by Crippen LogP contribution is 2.27. The molecule has 5 heteroatoms. The van der Waals surface area contributed by atoms with E-state index >= 15 is 0 Å². The summed E-state index contributed by atoms with van der Waals surface area (Å²) in [5.41, 5.74) is 2.47. The third-order valence-corrected chi connectivity index (χ3v) is 3.38. The smallest absolute Gasteiger partial charge is 0.323 e. The summed E-state index contributed by atoms with van der Waals surface area (Å²) in [4.78, 5) is 16.7. The average molecular weight is 298 g/mol. The summed E-state index contributed by atoms with van der Waals surface area (Å²) in [6.45, 7) is 4.32. The van der Waals surface area contributed by atoms with E-state index in [0.29, 0.717) is 6.04 Å². The minimum atomic E-state index is -0.175. The van der Waals surface area contributed by atoms with Crippen molar-refractivity contribution in [3.63, 3.8) is 0 Å². The molecule has 0 amide bonds. The SMILES string of the molecule is CCCC(C)Nc1cc2[nH]c(=O)[nH]c2cc1Br. The minimum absolute atomic E-state index is 0.175. The molecule has 1 aromatic carbocycles. The molecule has 92 valence electrons. The highest BCUT2D eigenvalue weighted by molar-refractivity contribution is 9.10. The Hall–Kier alpha value is -1.23. The van der Waals surface area contributed by atoms with E-state index in [1.807, 2.05) is 12.1 Å². The Morgan fingerprint density at radius 1 is 1.35 bits per heavy atom. The highest BCUT2D eigenvalue weighted by atomic mass is 79.9. The molecular formula is C12H16BrN3O. The number of aromatic nitrogens is 2. The summed E-state index contributed by atoms with van der Waals surface area (Å²) in [6.07, 6.45) is 2.27. The van der Waals surface area contributed by atoms with Gasteiger partial charge in [-0.25, -0.2) is 4.79 Å². The molecule has 4 nitrogen and oxygen atoms in total. The van der Waals surface area contributed by atoms with Gasteiger partial charge in [-0.15, -0.1) is 0 Å². The highest BCUT2D eigenvalue weighted by Gasteiger charge is 2.07. The number of imidazole rings is 1. The molecule has 1 atom stereocenters. The van der Waals surface area contributed by atoms with E-state index in [0.717, 1.165) is 34.0 Å². The van der Waals surface area contributed by atoms with Gasteiger partial charge in [-0.05, 0) is 41.4 Å². The van der Waals surface area contributed by atoms with E-state index in [4.69, 9.17) is 0 Å². The molecule has 1 heterocycles. The van der Waals surface area contributed by atoms with Crippen LogP contribution < -0.4 is 11.0 Å². The van der Waals surface area contributed by atoms with Gasteiger partial charge in [0.25, 0.3) is 0 Å². The van der Waals surface area contributed by atoms with Crippen LogP contribution in [0.4, 0.5) is 5.69 Å². The Bertz CT molecular complexity index is 573. The van der Waals surface area contributed by atoms with Crippen molar-refractivity contribution >= 4 is 32.7 Å². The molecule has 2 aromatic rings. The Kier molecular flexibility index (Phi) is 3.57. The molecule has 0 aliphatic carbocycles. The van der Waals surface area contributed by atoms with Crippen molar-refractivity contribution in [1.29, 1.82) is 0 Å². The number of anilines is 1. The van der Waals surface area contributed by atoms with Crippen molar-refractivity contribution in [1.82, 2.24) is 9.97 Å². The van der Waals surface area contributed by atoms with Gasteiger partial charge in [0.05, 0.1) is 16.7 Å². The van der Waals surface area contributed by atoms with Gasteiger partial charge in [0, 0.05) is 10.5 Å². The molecular weight excluding hydrogens is 282 g/mol. The first-order chi connectivity index (χ1) is 8.10. The zero-order chi connectivity index (χ0) is 12.4. The number of H-pyrrole nitrogens is 2. The van der Waals surface area contributed by atoms with Crippen LogP contribution in [0, 0.1) is 0 Å². The second-order valence-electron chi connectivity index (χ2n) is 4.29. The zero-order valence-electron chi connectivity index (χ0n) is 9.93. The van der Waals surface area contributed by atoms with Gasteiger partial charge < -0.3 is 15.3 Å². The van der Waals surface area contributed by atoms with E-state index in [9.17, 15) is 4.79 Å². The monoisotopic (exact) mass is 297 g/mol. The summed E-state index contributed by atoms with van der Waals surface area (Å²) in [6, 6.07) is 4.27. The predicted octanol–water partition coefficient (Wildman–Crippen LogP) is 3.22. The molecule has 0 fully saturated rings. The zero-order valence-corrected chi connectivity index (χ0v) is 11.5. The third kappa shape index (κ3) is 2.72. The maximum Gasteiger partial charge on any atom is 0.323 e. The van der Waals surface area contributed by atoms with Crippen LogP contribution >= 0.6 is 15.9 Å². The number of nitrogens with one attached hydrogen (secondary N) is 3. The predicted molar refractivity (Wildman–Crippen MR) is 74.6 cm³/mol. The molecule has 0 saturated carbocycles. The van der Waals surface area contributed by atoms with Crippen molar-refractivity contribution in [2.24, 2.45) is 0 Å². The van der Waals surface area contributed by atoms with Gasteiger partial charge in [0.2, 0.25) is 0 Å². The molecule has 0 bridgehead atoms. The maximum absolute atomic E-state index is 11.2. The number of benzene rings is 1. The quantitative estimate of drug-likeness (QED) is 0.811. The lowest BCUT2D eigenvalue weighted by molar-refractivity contribution is 0.690. The van der Waals surface area contributed by atoms with Crippen LogP contribution in [0.15, 0.2) is 21.4 Å².